The summed E-state index contributed by atoms with van der Waals surface area (Å²) in [5.74, 6) is 0.874. The summed E-state index contributed by atoms with van der Waals surface area (Å²) in [6.45, 7) is 4.19. The SMILES string of the molecule is Cc1nc(-c2cccc(C(=O)N(C)C(CN(C)C)c3ccccc3)c2)c(C)[nH]1.O=CO.O=CO. The fourth-order valence-corrected chi connectivity index (χ4v) is 3.51. The van der Waals surface area contributed by atoms with Gasteiger partial charge in [0.15, 0.2) is 0 Å². The fraction of sp³-hybridized carbons (Fsp3) is 0.280. The molecule has 0 radical (unpaired) electrons. The maximum atomic E-state index is 13.3. The number of carboxylic acid groups (broad SMARTS) is 2. The van der Waals surface area contributed by atoms with Gasteiger partial charge in [0.05, 0.1) is 11.7 Å². The standard InChI is InChI=1S/C23H28N4O.2CH2O2/c1-16-22(25-17(2)24-16)19-12-9-13-20(14-19)23(28)27(5)21(15-26(3)4)18-10-7-6-8-11-18;2*2-1-3/h6-14,21H,15H2,1-5H3,(H,24,25);2*1H,(H,2,3). The molecule has 3 N–H and O–H groups in total. The summed E-state index contributed by atoms with van der Waals surface area (Å²) >= 11 is 0. The van der Waals surface area contributed by atoms with E-state index in [-0.39, 0.29) is 24.9 Å². The average molecular weight is 469 g/mol. The normalized spacial score (nSPS) is 10.8. The van der Waals surface area contributed by atoms with Crippen molar-refractivity contribution < 1.29 is 24.6 Å². The lowest BCUT2D eigenvalue weighted by Gasteiger charge is -2.31. The van der Waals surface area contributed by atoms with Crippen LogP contribution in [-0.2, 0) is 9.59 Å². The summed E-state index contributed by atoms with van der Waals surface area (Å²) in [4.78, 5) is 41.7. The summed E-state index contributed by atoms with van der Waals surface area (Å²) < 4.78 is 0. The van der Waals surface area contributed by atoms with E-state index >= 15 is 0 Å². The highest BCUT2D eigenvalue weighted by Crippen LogP contribution is 2.25. The van der Waals surface area contributed by atoms with Crippen LogP contribution in [0, 0.1) is 13.8 Å². The van der Waals surface area contributed by atoms with Crippen molar-refractivity contribution in [2.45, 2.75) is 19.9 Å². The molecule has 34 heavy (non-hydrogen) atoms. The lowest BCUT2D eigenvalue weighted by molar-refractivity contribution is -0.123. The molecule has 0 aliphatic rings. The molecule has 1 unspecified atom stereocenters. The van der Waals surface area contributed by atoms with E-state index in [0.29, 0.717) is 5.56 Å². The molecule has 0 spiro atoms. The van der Waals surface area contributed by atoms with Crippen LogP contribution in [0.5, 0.6) is 0 Å². The highest BCUT2D eigenvalue weighted by atomic mass is 16.3. The fourth-order valence-electron chi connectivity index (χ4n) is 3.51. The number of aryl methyl sites for hydroxylation is 2. The van der Waals surface area contributed by atoms with E-state index in [1.54, 1.807) is 0 Å². The summed E-state index contributed by atoms with van der Waals surface area (Å²) in [6, 6.07) is 17.9. The van der Waals surface area contributed by atoms with Crippen molar-refractivity contribution in [2.75, 3.05) is 27.7 Å². The van der Waals surface area contributed by atoms with Crippen LogP contribution in [0.2, 0.25) is 0 Å². The number of amides is 1. The van der Waals surface area contributed by atoms with E-state index in [1.807, 2.05) is 82.4 Å². The second-order valence-electron chi connectivity index (χ2n) is 7.69. The molecule has 1 amide bonds. The first kappa shape index (κ1) is 28.1. The van der Waals surface area contributed by atoms with Gasteiger partial charge in [0.2, 0.25) is 0 Å². The third-order valence-electron chi connectivity index (χ3n) is 4.90. The quantitative estimate of drug-likeness (QED) is 0.473. The number of carbonyl (C=O) groups excluding carboxylic acids is 1. The molecule has 0 bridgehead atoms. The first-order valence-electron chi connectivity index (χ1n) is 10.5. The second kappa shape index (κ2) is 14.2. The number of benzene rings is 2. The Morgan fingerprint density at radius 3 is 2.09 bits per heavy atom. The zero-order chi connectivity index (χ0) is 25.7. The number of H-pyrrole nitrogens is 1. The van der Waals surface area contributed by atoms with Crippen LogP contribution >= 0.6 is 0 Å². The molecule has 0 fully saturated rings. The minimum Gasteiger partial charge on any atom is -0.483 e. The summed E-state index contributed by atoms with van der Waals surface area (Å²) in [5.41, 5.74) is 4.64. The van der Waals surface area contributed by atoms with Crippen LogP contribution in [0.25, 0.3) is 11.3 Å². The van der Waals surface area contributed by atoms with Crippen LogP contribution in [0.3, 0.4) is 0 Å². The highest BCUT2D eigenvalue weighted by molar-refractivity contribution is 5.95. The molecule has 3 aromatic rings. The van der Waals surface area contributed by atoms with Crippen molar-refractivity contribution in [3.63, 3.8) is 0 Å². The molecule has 1 aromatic heterocycles. The van der Waals surface area contributed by atoms with Crippen molar-refractivity contribution in [1.82, 2.24) is 19.8 Å². The largest absolute Gasteiger partial charge is 0.483 e. The Kier molecular flexibility index (Phi) is 11.7. The molecule has 0 aliphatic carbocycles. The molecule has 0 saturated heterocycles. The summed E-state index contributed by atoms with van der Waals surface area (Å²) in [7, 11) is 5.93. The van der Waals surface area contributed by atoms with E-state index in [0.717, 1.165) is 34.9 Å². The van der Waals surface area contributed by atoms with Gasteiger partial charge in [-0.25, -0.2) is 4.98 Å². The number of rotatable bonds is 6. The Bertz CT molecular complexity index is 1040. The predicted octanol–water partition coefficient (Wildman–Crippen LogP) is 3.47. The number of carbonyl (C=O) groups is 3. The molecule has 9 nitrogen and oxygen atoms in total. The monoisotopic (exact) mass is 468 g/mol. The number of nitrogens with one attached hydrogen (secondary N) is 1. The summed E-state index contributed by atoms with van der Waals surface area (Å²) in [6.07, 6.45) is 0. The molecular formula is C25H32N4O5. The summed E-state index contributed by atoms with van der Waals surface area (Å²) in [5, 5.41) is 13.8. The van der Waals surface area contributed by atoms with E-state index in [9.17, 15) is 4.79 Å². The number of hydrogen-bond acceptors (Lipinski definition) is 5. The third kappa shape index (κ3) is 8.18. The van der Waals surface area contributed by atoms with Crippen molar-refractivity contribution in [3.8, 4) is 11.3 Å². The van der Waals surface area contributed by atoms with Gasteiger partial charge in [0.1, 0.15) is 5.82 Å². The third-order valence-corrected chi connectivity index (χ3v) is 4.90. The topological polar surface area (TPSA) is 127 Å². The minimum atomic E-state index is -0.250. The number of imidazole rings is 1. The molecule has 3 rings (SSSR count). The van der Waals surface area contributed by atoms with Crippen LogP contribution in [0.1, 0.15) is 33.5 Å². The van der Waals surface area contributed by atoms with Gasteiger partial charge >= 0.3 is 0 Å². The van der Waals surface area contributed by atoms with E-state index < -0.39 is 0 Å². The van der Waals surface area contributed by atoms with Gasteiger partial charge in [-0.05, 0) is 45.6 Å². The van der Waals surface area contributed by atoms with Crippen LogP contribution in [-0.4, -0.2) is 76.5 Å². The second-order valence-corrected chi connectivity index (χ2v) is 7.69. The molecule has 9 heteroatoms. The number of likely N-dealkylation sites (N-methyl/N-ethyl adjacent to an activating group) is 2. The number of nitrogens with zero attached hydrogens (tertiary/aromatic N) is 3. The minimum absolute atomic E-state index is 0.00228. The Balaban J connectivity index is 0.000000872. The lowest BCUT2D eigenvalue weighted by Crippen LogP contribution is -2.37. The van der Waals surface area contributed by atoms with Gasteiger partial charge < -0.3 is 25.0 Å². The maximum Gasteiger partial charge on any atom is 0.290 e. The van der Waals surface area contributed by atoms with Gasteiger partial charge in [-0.15, -0.1) is 0 Å². The molecule has 1 heterocycles. The van der Waals surface area contributed by atoms with E-state index in [2.05, 4.69) is 27.0 Å². The first-order valence-corrected chi connectivity index (χ1v) is 10.5. The molecule has 0 aliphatic heterocycles. The van der Waals surface area contributed by atoms with E-state index in [4.69, 9.17) is 19.8 Å². The molecule has 182 valence electrons. The smallest absolute Gasteiger partial charge is 0.290 e. The Hall–Kier alpha value is -3.98. The van der Waals surface area contributed by atoms with Crippen LogP contribution in [0.15, 0.2) is 54.6 Å². The molecule has 2 aromatic carbocycles. The zero-order valence-electron chi connectivity index (χ0n) is 20.1. The Morgan fingerprint density at radius 1 is 1.00 bits per heavy atom. The average Bonchev–Trinajstić information content (AvgIpc) is 3.16. The van der Waals surface area contributed by atoms with Crippen LogP contribution in [0.4, 0.5) is 0 Å². The number of aromatic nitrogens is 2. The Labute approximate surface area is 199 Å². The number of aromatic amines is 1. The van der Waals surface area contributed by atoms with Crippen molar-refractivity contribution in [2.24, 2.45) is 0 Å². The first-order chi connectivity index (χ1) is 16.2. The van der Waals surface area contributed by atoms with Gasteiger partial charge in [-0.3, -0.25) is 14.4 Å². The number of hydrogen-bond donors (Lipinski definition) is 3. The predicted molar refractivity (Wildman–Crippen MR) is 131 cm³/mol. The molecular weight excluding hydrogens is 436 g/mol. The van der Waals surface area contributed by atoms with Gasteiger partial charge in [0.25, 0.3) is 18.9 Å². The van der Waals surface area contributed by atoms with Crippen molar-refractivity contribution in [3.05, 3.63) is 77.2 Å². The van der Waals surface area contributed by atoms with Crippen LogP contribution < -0.4 is 0 Å². The molecule has 0 saturated carbocycles. The van der Waals surface area contributed by atoms with Gasteiger partial charge in [-0.1, -0.05) is 42.5 Å². The van der Waals surface area contributed by atoms with Crippen molar-refractivity contribution in [1.29, 1.82) is 0 Å². The highest BCUT2D eigenvalue weighted by Gasteiger charge is 2.23. The molecule has 1 atom stereocenters. The lowest BCUT2D eigenvalue weighted by atomic mass is 10.0. The van der Waals surface area contributed by atoms with Gasteiger partial charge in [-0.2, -0.15) is 0 Å². The van der Waals surface area contributed by atoms with E-state index in [1.165, 1.54) is 0 Å². The van der Waals surface area contributed by atoms with Gasteiger partial charge in [0, 0.05) is 30.4 Å². The maximum absolute atomic E-state index is 13.3. The van der Waals surface area contributed by atoms with Crippen molar-refractivity contribution >= 4 is 18.9 Å². The Morgan fingerprint density at radius 2 is 1.59 bits per heavy atom. The zero-order valence-corrected chi connectivity index (χ0v) is 20.1.